The predicted molar refractivity (Wildman–Crippen MR) is 55.4 cm³/mol. The van der Waals surface area contributed by atoms with Crippen LogP contribution in [0.5, 0.6) is 0 Å². The summed E-state index contributed by atoms with van der Waals surface area (Å²) in [5.74, 6) is 5.46. The van der Waals surface area contributed by atoms with Crippen LogP contribution >= 0.6 is 0 Å². The Morgan fingerprint density at radius 1 is 1.44 bits per heavy atom. The average Bonchev–Trinajstić information content (AvgIpc) is 2.81. The summed E-state index contributed by atoms with van der Waals surface area (Å²) in [5.41, 5.74) is 6.19. The van der Waals surface area contributed by atoms with E-state index in [0.29, 0.717) is 11.4 Å². The van der Waals surface area contributed by atoms with Crippen LogP contribution in [0.2, 0.25) is 0 Å². The number of carbonyl (C=O) groups excluding carboxylic acids is 1. The SMILES string of the molecule is NC(=O)N(N)c1cccc(-n2cnnn2)c1. The minimum Gasteiger partial charge on any atom is -0.350 e. The van der Waals surface area contributed by atoms with Gasteiger partial charge < -0.3 is 5.73 Å². The third-order valence-corrected chi connectivity index (χ3v) is 1.96. The fraction of sp³-hybridized carbons (Fsp3) is 0. The number of nitrogens with two attached hydrogens (primary N) is 2. The molecule has 0 fully saturated rings. The number of hydrogen-bond donors (Lipinski definition) is 2. The first-order chi connectivity index (χ1) is 7.68. The maximum Gasteiger partial charge on any atom is 0.333 e. The number of aromatic nitrogens is 4. The molecule has 0 unspecified atom stereocenters. The second-order valence-electron chi connectivity index (χ2n) is 2.98. The maximum absolute atomic E-state index is 10.9. The Balaban J connectivity index is 2.37. The molecular weight excluding hydrogens is 210 g/mol. The number of benzene rings is 1. The molecule has 8 nitrogen and oxygen atoms in total. The van der Waals surface area contributed by atoms with Crippen molar-refractivity contribution in [2.45, 2.75) is 0 Å². The number of amides is 2. The molecule has 0 spiro atoms. The van der Waals surface area contributed by atoms with Crippen LogP contribution in [-0.2, 0) is 0 Å². The van der Waals surface area contributed by atoms with Gasteiger partial charge in [0.15, 0.2) is 0 Å². The molecule has 0 aliphatic rings. The zero-order valence-electron chi connectivity index (χ0n) is 8.19. The molecule has 1 aromatic heterocycles. The molecule has 16 heavy (non-hydrogen) atoms. The van der Waals surface area contributed by atoms with Crippen LogP contribution in [0.25, 0.3) is 5.69 Å². The molecule has 0 atom stereocenters. The molecule has 0 saturated carbocycles. The van der Waals surface area contributed by atoms with Gasteiger partial charge in [0.05, 0.1) is 11.4 Å². The summed E-state index contributed by atoms with van der Waals surface area (Å²) in [6.07, 6.45) is 1.43. The molecule has 0 radical (unpaired) electrons. The summed E-state index contributed by atoms with van der Waals surface area (Å²) in [7, 11) is 0. The van der Waals surface area contributed by atoms with Gasteiger partial charge in [-0.15, -0.1) is 5.10 Å². The smallest absolute Gasteiger partial charge is 0.333 e. The number of tetrazole rings is 1. The molecular formula is C8H9N7O. The predicted octanol–water partition coefficient (Wildman–Crippen LogP) is -0.579. The van der Waals surface area contributed by atoms with Crippen molar-refractivity contribution in [1.29, 1.82) is 0 Å². The van der Waals surface area contributed by atoms with Gasteiger partial charge in [0.25, 0.3) is 0 Å². The topological polar surface area (TPSA) is 116 Å². The summed E-state index contributed by atoms with van der Waals surface area (Å²) >= 11 is 0. The van der Waals surface area contributed by atoms with Crippen LogP contribution in [0.15, 0.2) is 30.6 Å². The third-order valence-electron chi connectivity index (χ3n) is 1.96. The molecule has 2 rings (SSSR count). The Kier molecular flexibility index (Phi) is 2.48. The quantitative estimate of drug-likeness (QED) is 0.398. The van der Waals surface area contributed by atoms with Gasteiger partial charge in [-0.25, -0.2) is 20.3 Å². The van der Waals surface area contributed by atoms with Gasteiger partial charge >= 0.3 is 6.03 Å². The van der Waals surface area contributed by atoms with Gasteiger partial charge in [0.1, 0.15) is 6.33 Å². The number of hydrazine groups is 1. The highest BCUT2D eigenvalue weighted by Gasteiger charge is 2.08. The second-order valence-corrected chi connectivity index (χ2v) is 2.98. The number of urea groups is 1. The summed E-state index contributed by atoms with van der Waals surface area (Å²) in [6.45, 7) is 0. The number of anilines is 1. The van der Waals surface area contributed by atoms with E-state index >= 15 is 0 Å². The molecule has 0 aliphatic heterocycles. The van der Waals surface area contributed by atoms with Crippen LogP contribution in [0, 0.1) is 0 Å². The first kappa shape index (κ1) is 10.1. The van der Waals surface area contributed by atoms with Gasteiger partial charge in [-0.2, -0.15) is 0 Å². The van der Waals surface area contributed by atoms with E-state index in [1.807, 2.05) is 0 Å². The number of carbonyl (C=O) groups is 1. The van der Waals surface area contributed by atoms with Crippen LogP contribution in [0.3, 0.4) is 0 Å². The fourth-order valence-electron chi connectivity index (χ4n) is 1.19. The summed E-state index contributed by atoms with van der Waals surface area (Å²) in [5, 5.41) is 11.6. The summed E-state index contributed by atoms with van der Waals surface area (Å²) in [6, 6.07) is 6.04. The lowest BCUT2D eigenvalue weighted by Gasteiger charge is -2.14. The minimum absolute atomic E-state index is 0.459. The first-order valence-electron chi connectivity index (χ1n) is 4.36. The lowest BCUT2D eigenvalue weighted by atomic mass is 10.3. The van der Waals surface area contributed by atoms with Crippen molar-refractivity contribution in [3.63, 3.8) is 0 Å². The lowest BCUT2D eigenvalue weighted by Crippen LogP contribution is -2.41. The van der Waals surface area contributed by atoms with E-state index in [4.69, 9.17) is 11.6 Å². The van der Waals surface area contributed by atoms with Crippen molar-refractivity contribution in [3.05, 3.63) is 30.6 Å². The number of hydrogen-bond acceptors (Lipinski definition) is 5. The fourth-order valence-corrected chi connectivity index (χ4v) is 1.19. The largest absolute Gasteiger partial charge is 0.350 e. The van der Waals surface area contributed by atoms with Gasteiger partial charge in [-0.1, -0.05) is 6.07 Å². The van der Waals surface area contributed by atoms with Gasteiger partial charge in [0, 0.05) is 0 Å². The Morgan fingerprint density at radius 3 is 2.88 bits per heavy atom. The van der Waals surface area contributed by atoms with Gasteiger partial charge in [-0.3, -0.25) is 0 Å². The number of primary amides is 1. The van der Waals surface area contributed by atoms with Crippen molar-refractivity contribution in [3.8, 4) is 5.69 Å². The zero-order chi connectivity index (χ0) is 11.5. The molecule has 8 heteroatoms. The molecule has 2 aromatic rings. The Hall–Kier alpha value is -2.48. The number of rotatable bonds is 2. The van der Waals surface area contributed by atoms with Crippen molar-refractivity contribution >= 4 is 11.7 Å². The highest BCUT2D eigenvalue weighted by molar-refractivity contribution is 5.89. The third kappa shape index (κ3) is 1.81. The highest BCUT2D eigenvalue weighted by atomic mass is 16.2. The van der Waals surface area contributed by atoms with E-state index in [2.05, 4.69) is 15.5 Å². The van der Waals surface area contributed by atoms with Crippen LogP contribution < -0.4 is 16.6 Å². The molecule has 0 aliphatic carbocycles. The minimum atomic E-state index is -0.742. The molecule has 4 N–H and O–H groups in total. The van der Waals surface area contributed by atoms with E-state index in [9.17, 15) is 4.79 Å². The van der Waals surface area contributed by atoms with Gasteiger partial charge in [0.2, 0.25) is 0 Å². The van der Waals surface area contributed by atoms with E-state index in [1.165, 1.54) is 11.0 Å². The van der Waals surface area contributed by atoms with Crippen molar-refractivity contribution < 1.29 is 4.79 Å². The molecule has 1 aromatic carbocycles. The number of nitrogens with zero attached hydrogens (tertiary/aromatic N) is 5. The Morgan fingerprint density at radius 2 is 2.25 bits per heavy atom. The van der Waals surface area contributed by atoms with E-state index in [0.717, 1.165) is 5.01 Å². The van der Waals surface area contributed by atoms with Crippen molar-refractivity contribution in [1.82, 2.24) is 20.2 Å². The summed E-state index contributed by atoms with van der Waals surface area (Å²) in [4.78, 5) is 10.9. The maximum atomic E-state index is 10.9. The Labute approximate surface area is 90.4 Å². The lowest BCUT2D eigenvalue weighted by molar-refractivity contribution is 0.254. The van der Waals surface area contributed by atoms with Crippen LogP contribution in [0.1, 0.15) is 0 Å². The molecule has 1 heterocycles. The monoisotopic (exact) mass is 219 g/mol. The molecule has 0 saturated heterocycles. The van der Waals surface area contributed by atoms with E-state index in [1.54, 1.807) is 24.3 Å². The van der Waals surface area contributed by atoms with Crippen LogP contribution in [0.4, 0.5) is 10.5 Å². The highest BCUT2D eigenvalue weighted by Crippen LogP contribution is 2.15. The van der Waals surface area contributed by atoms with Crippen molar-refractivity contribution in [2.24, 2.45) is 11.6 Å². The average molecular weight is 219 g/mol. The first-order valence-corrected chi connectivity index (χ1v) is 4.36. The summed E-state index contributed by atoms with van der Waals surface area (Å²) < 4.78 is 1.44. The Bertz CT molecular complexity index is 495. The molecule has 82 valence electrons. The van der Waals surface area contributed by atoms with E-state index in [-0.39, 0.29) is 0 Å². The molecule has 2 amide bonds. The van der Waals surface area contributed by atoms with E-state index < -0.39 is 6.03 Å². The normalized spacial score (nSPS) is 10.1. The zero-order valence-corrected chi connectivity index (χ0v) is 8.19. The standard InChI is InChI=1S/C8H9N7O/c9-8(16)15(10)7-3-1-2-6(4-7)14-5-11-12-13-14/h1-5H,10H2,(H2,9,16). The van der Waals surface area contributed by atoms with Crippen LogP contribution in [-0.4, -0.2) is 26.2 Å². The van der Waals surface area contributed by atoms with Gasteiger partial charge in [-0.05, 0) is 28.6 Å². The van der Waals surface area contributed by atoms with Crippen molar-refractivity contribution in [2.75, 3.05) is 5.01 Å². The second kappa shape index (κ2) is 3.95. The molecule has 0 bridgehead atoms.